The number of nitrogens with zero attached hydrogens (tertiary/aromatic N) is 2. The molecule has 3 aromatic rings. The SMILES string of the molecule is CC(c1cc(F)ccc1F)N1CCC2(CCN(C(=O)c3ccc4cc[nH]c4c3)CC2)C1=O. The van der Waals surface area contributed by atoms with Crippen molar-refractivity contribution in [3.05, 3.63) is 71.4 Å². The molecule has 0 bridgehead atoms. The van der Waals surface area contributed by atoms with Gasteiger partial charge in [0.25, 0.3) is 5.91 Å². The molecule has 2 aliphatic rings. The highest BCUT2D eigenvalue weighted by molar-refractivity contribution is 5.98. The largest absolute Gasteiger partial charge is 0.361 e. The van der Waals surface area contributed by atoms with E-state index in [1.807, 2.05) is 30.5 Å². The average Bonchev–Trinajstić information content (AvgIpc) is 3.39. The third-order valence-corrected chi connectivity index (χ3v) is 7.23. The molecule has 2 fully saturated rings. The van der Waals surface area contributed by atoms with E-state index < -0.39 is 23.1 Å². The van der Waals surface area contributed by atoms with Crippen molar-refractivity contribution in [2.45, 2.75) is 32.2 Å². The lowest BCUT2D eigenvalue weighted by molar-refractivity contribution is -0.139. The molecule has 2 aromatic carbocycles. The number of hydrogen-bond acceptors (Lipinski definition) is 2. The molecular weight excluding hydrogens is 412 g/mol. The normalized spacial score (nSPS) is 19.2. The van der Waals surface area contributed by atoms with Gasteiger partial charge in [0.15, 0.2) is 0 Å². The van der Waals surface area contributed by atoms with E-state index >= 15 is 0 Å². The van der Waals surface area contributed by atoms with Gasteiger partial charge in [0.2, 0.25) is 5.91 Å². The second-order valence-electron chi connectivity index (χ2n) is 8.94. The van der Waals surface area contributed by atoms with Crippen molar-refractivity contribution in [1.82, 2.24) is 14.8 Å². The first-order chi connectivity index (χ1) is 15.4. The lowest BCUT2D eigenvalue weighted by Gasteiger charge is -2.38. The number of piperidine rings is 1. The number of hydrogen-bond donors (Lipinski definition) is 1. The molecule has 2 aliphatic heterocycles. The molecular formula is C25H25F2N3O2. The van der Waals surface area contributed by atoms with Crippen LogP contribution in [0, 0.1) is 17.0 Å². The molecule has 3 heterocycles. The van der Waals surface area contributed by atoms with Gasteiger partial charge in [-0.1, -0.05) is 6.07 Å². The van der Waals surface area contributed by atoms with E-state index in [-0.39, 0.29) is 17.4 Å². The highest BCUT2D eigenvalue weighted by Gasteiger charge is 2.50. The van der Waals surface area contributed by atoms with Crippen LogP contribution in [-0.4, -0.2) is 46.2 Å². The van der Waals surface area contributed by atoms with Gasteiger partial charge in [-0.15, -0.1) is 0 Å². The first-order valence-corrected chi connectivity index (χ1v) is 11.0. The van der Waals surface area contributed by atoms with Crippen LogP contribution in [-0.2, 0) is 4.79 Å². The van der Waals surface area contributed by atoms with Gasteiger partial charge < -0.3 is 14.8 Å². The van der Waals surface area contributed by atoms with E-state index in [1.54, 1.807) is 16.7 Å². The smallest absolute Gasteiger partial charge is 0.253 e. The first kappa shape index (κ1) is 20.7. The zero-order valence-electron chi connectivity index (χ0n) is 17.9. The Balaban J connectivity index is 1.28. The number of likely N-dealkylation sites (tertiary alicyclic amines) is 2. The van der Waals surface area contributed by atoms with Crippen molar-refractivity contribution in [2.75, 3.05) is 19.6 Å². The molecule has 5 rings (SSSR count). The molecule has 0 saturated carbocycles. The van der Waals surface area contributed by atoms with Crippen LogP contribution in [0.25, 0.3) is 10.9 Å². The molecule has 0 radical (unpaired) electrons. The molecule has 7 heteroatoms. The van der Waals surface area contributed by atoms with E-state index in [0.29, 0.717) is 44.5 Å². The average molecular weight is 437 g/mol. The predicted octanol–water partition coefficient (Wildman–Crippen LogP) is 4.66. The number of H-pyrrole nitrogens is 1. The molecule has 1 unspecified atom stereocenters. The van der Waals surface area contributed by atoms with Crippen LogP contribution in [0.15, 0.2) is 48.7 Å². The van der Waals surface area contributed by atoms with Crippen LogP contribution in [0.5, 0.6) is 0 Å². The number of carbonyl (C=O) groups excluding carboxylic acids is 2. The fourth-order valence-electron chi connectivity index (χ4n) is 5.18. The highest BCUT2D eigenvalue weighted by Crippen LogP contribution is 2.44. The molecule has 1 atom stereocenters. The Labute approximate surface area is 185 Å². The highest BCUT2D eigenvalue weighted by atomic mass is 19.1. The number of benzene rings is 2. The second kappa shape index (κ2) is 7.73. The van der Waals surface area contributed by atoms with Crippen LogP contribution < -0.4 is 0 Å². The molecule has 166 valence electrons. The summed E-state index contributed by atoms with van der Waals surface area (Å²) >= 11 is 0. The summed E-state index contributed by atoms with van der Waals surface area (Å²) in [5, 5.41) is 1.06. The molecule has 32 heavy (non-hydrogen) atoms. The van der Waals surface area contributed by atoms with Gasteiger partial charge in [-0.05, 0) is 68.0 Å². The third kappa shape index (κ3) is 3.36. The van der Waals surface area contributed by atoms with E-state index in [4.69, 9.17) is 0 Å². The number of nitrogens with one attached hydrogen (secondary N) is 1. The van der Waals surface area contributed by atoms with Crippen molar-refractivity contribution in [1.29, 1.82) is 0 Å². The maximum atomic E-state index is 14.3. The van der Waals surface area contributed by atoms with Crippen molar-refractivity contribution in [3.63, 3.8) is 0 Å². The Morgan fingerprint density at radius 3 is 2.56 bits per heavy atom. The van der Waals surface area contributed by atoms with Gasteiger partial charge in [-0.3, -0.25) is 9.59 Å². The van der Waals surface area contributed by atoms with Crippen LogP contribution in [0.1, 0.15) is 48.1 Å². The fourth-order valence-corrected chi connectivity index (χ4v) is 5.18. The van der Waals surface area contributed by atoms with Crippen LogP contribution in [0.3, 0.4) is 0 Å². The van der Waals surface area contributed by atoms with Crippen molar-refractivity contribution >= 4 is 22.7 Å². The summed E-state index contributed by atoms with van der Waals surface area (Å²) in [6.07, 6.45) is 3.68. The fraction of sp³-hybridized carbons (Fsp3) is 0.360. The van der Waals surface area contributed by atoms with Gasteiger partial charge in [-0.25, -0.2) is 8.78 Å². The monoisotopic (exact) mass is 437 g/mol. The summed E-state index contributed by atoms with van der Waals surface area (Å²) in [4.78, 5) is 33.0. The summed E-state index contributed by atoms with van der Waals surface area (Å²) in [5.74, 6) is -1.08. The lowest BCUT2D eigenvalue weighted by Crippen LogP contribution is -2.47. The van der Waals surface area contributed by atoms with Crippen molar-refractivity contribution in [3.8, 4) is 0 Å². The Morgan fingerprint density at radius 1 is 1.03 bits per heavy atom. The van der Waals surface area contributed by atoms with Gasteiger partial charge in [0.1, 0.15) is 11.6 Å². The van der Waals surface area contributed by atoms with E-state index in [2.05, 4.69) is 4.98 Å². The molecule has 2 saturated heterocycles. The zero-order valence-corrected chi connectivity index (χ0v) is 17.9. The number of carbonyl (C=O) groups is 2. The molecule has 5 nitrogen and oxygen atoms in total. The summed E-state index contributed by atoms with van der Waals surface area (Å²) < 4.78 is 27.9. The maximum Gasteiger partial charge on any atom is 0.253 e. The molecule has 2 amide bonds. The second-order valence-corrected chi connectivity index (χ2v) is 8.94. The topological polar surface area (TPSA) is 56.4 Å². The van der Waals surface area contributed by atoms with E-state index in [0.717, 1.165) is 23.0 Å². The van der Waals surface area contributed by atoms with E-state index in [1.165, 1.54) is 6.07 Å². The molecule has 1 N–H and O–H groups in total. The third-order valence-electron chi connectivity index (χ3n) is 7.23. The number of halogens is 2. The number of rotatable bonds is 3. The van der Waals surface area contributed by atoms with Gasteiger partial charge in [0.05, 0.1) is 11.5 Å². The number of aromatic nitrogens is 1. The molecule has 0 aliphatic carbocycles. The molecule has 1 aromatic heterocycles. The standard InChI is InChI=1S/C25H25F2N3O2/c1-16(20-15-19(26)4-5-21(20)27)30-13-9-25(24(30)32)7-11-29(12-8-25)23(31)18-3-2-17-6-10-28-22(17)14-18/h2-6,10,14-16,28H,7-9,11-13H2,1H3. The van der Waals surface area contributed by atoms with Gasteiger partial charge in [-0.2, -0.15) is 0 Å². The van der Waals surface area contributed by atoms with Gasteiger partial charge >= 0.3 is 0 Å². The number of fused-ring (bicyclic) bond motifs is 1. The Kier molecular flexibility index (Phi) is 4.99. The quantitative estimate of drug-likeness (QED) is 0.648. The summed E-state index contributed by atoms with van der Waals surface area (Å²) in [7, 11) is 0. The Bertz CT molecular complexity index is 1200. The van der Waals surface area contributed by atoms with E-state index in [9.17, 15) is 18.4 Å². The summed E-state index contributed by atoms with van der Waals surface area (Å²) in [6.45, 7) is 3.26. The van der Waals surface area contributed by atoms with Crippen molar-refractivity contribution in [2.24, 2.45) is 5.41 Å². The van der Waals surface area contributed by atoms with Crippen LogP contribution >= 0.6 is 0 Å². The number of aromatic amines is 1. The first-order valence-electron chi connectivity index (χ1n) is 11.0. The Hall–Kier alpha value is -3.22. The zero-order chi connectivity index (χ0) is 22.5. The lowest BCUT2D eigenvalue weighted by atomic mass is 9.77. The summed E-state index contributed by atoms with van der Waals surface area (Å²) in [6, 6.07) is 10.4. The Morgan fingerprint density at radius 2 is 1.78 bits per heavy atom. The van der Waals surface area contributed by atoms with Crippen LogP contribution in [0.2, 0.25) is 0 Å². The van der Waals surface area contributed by atoms with Crippen molar-refractivity contribution < 1.29 is 18.4 Å². The van der Waals surface area contributed by atoms with Crippen LogP contribution in [0.4, 0.5) is 8.78 Å². The summed E-state index contributed by atoms with van der Waals surface area (Å²) in [5.41, 5.74) is 1.22. The minimum Gasteiger partial charge on any atom is -0.361 e. The predicted molar refractivity (Wildman–Crippen MR) is 117 cm³/mol. The maximum absolute atomic E-state index is 14.3. The minimum atomic E-state index is -0.537. The minimum absolute atomic E-state index is 0.0198. The molecule has 1 spiro atoms. The number of amides is 2. The van der Waals surface area contributed by atoms with Gasteiger partial charge in [0, 0.05) is 42.5 Å².